The Bertz CT molecular complexity index is 2120. The second-order valence-corrected chi connectivity index (χ2v) is 10.5. The van der Waals surface area contributed by atoms with Crippen molar-refractivity contribution in [1.82, 2.24) is 14.5 Å². The first-order valence-electron chi connectivity index (χ1n) is 12.7. The molecule has 8 rings (SSSR count). The lowest BCUT2D eigenvalue weighted by Gasteiger charge is -2.09. The predicted octanol–water partition coefficient (Wildman–Crippen LogP) is 9.28. The Morgan fingerprint density at radius 3 is 1.97 bits per heavy atom. The molecule has 0 aliphatic heterocycles. The van der Waals surface area contributed by atoms with Gasteiger partial charge in [-0.3, -0.25) is 4.57 Å². The van der Waals surface area contributed by atoms with Gasteiger partial charge in [-0.05, 0) is 36.4 Å². The minimum Gasteiger partial charge on any atom is -0.292 e. The molecule has 0 aliphatic rings. The molecule has 0 saturated heterocycles. The van der Waals surface area contributed by atoms with E-state index in [4.69, 9.17) is 9.97 Å². The maximum Gasteiger partial charge on any atom is 0.138 e. The van der Waals surface area contributed by atoms with E-state index in [0.717, 1.165) is 44.9 Å². The van der Waals surface area contributed by atoms with Gasteiger partial charge >= 0.3 is 0 Å². The summed E-state index contributed by atoms with van der Waals surface area (Å²) in [6, 6.07) is 44.5. The zero-order valence-corrected chi connectivity index (χ0v) is 21.2. The van der Waals surface area contributed by atoms with Gasteiger partial charge in [0, 0.05) is 36.7 Å². The van der Waals surface area contributed by atoms with E-state index in [-0.39, 0.29) is 0 Å². The largest absolute Gasteiger partial charge is 0.292 e. The summed E-state index contributed by atoms with van der Waals surface area (Å²) in [6.07, 6.45) is 0. The maximum atomic E-state index is 5.28. The lowest BCUT2D eigenvalue weighted by Crippen LogP contribution is -1.98. The van der Waals surface area contributed by atoms with Crippen molar-refractivity contribution in [3.05, 3.63) is 127 Å². The van der Waals surface area contributed by atoms with Gasteiger partial charge in [0.25, 0.3) is 0 Å². The maximum absolute atomic E-state index is 5.28. The van der Waals surface area contributed by atoms with Crippen LogP contribution in [0.5, 0.6) is 0 Å². The molecule has 0 fully saturated rings. The fourth-order valence-corrected chi connectivity index (χ4v) is 6.72. The molecule has 0 saturated carbocycles. The number of nitrogens with zero attached hydrogens (tertiary/aromatic N) is 3. The SMILES string of the molecule is c1ccc(-c2cccc(-n3c4ccc(-c5ccccc5)nc4c4c5sc6ccccc6c5ccc43)n2)cc1. The van der Waals surface area contributed by atoms with E-state index >= 15 is 0 Å². The number of rotatable bonds is 3. The smallest absolute Gasteiger partial charge is 0.138 e. The molecule has 8 aromatic rings. The molecule has 0 bridgehead atoms. The Balaban J connectivity index is 1.48. The molecule has 4 aromatic heterocycles. The summed E-state index contributed by atoms with van der Waals surface area (Å²) in [7, 11) is 0. The Labute approximate surface area is 223 Å². The van der Waals surface area contributed by atoms with Crippen LogP contribution in [-0.4, -0.2) is 14.5 Å². The van der Waals surface area contributed by atoms with Crippen molar-refractivity contribution in [2.45, 2.75) is 0 Å². The summed E-state index contributed by atoms with van der Waals surface area (Å²) in [5.41, 5.74) is 7.33. The molecular formula is C34H21N3S. The normalized spacial score (nSPS) is 11.7. The van der Waals surface area contributed by atoms with Crippen LogP contribution in [0.25, 0.3) is 70.4 Å². The second-order valence-electron chi connectivity index (χ2n) is 9.45. The monoisotopic (exact) mass is 503 g/mol. The first kappa shape index (κ1) is 21.3. The standard InChI is InChI=1S/C34H21N3S/c1-3-10-22(11-4-1)26-15-9-17-31(35-26)37-28-20-18-25-24-14-7-8-16-30(24)38-34(25)32(28)33-29(37)21-19-27(36-33)23-12-5-2-6-13-23/h1-21H. The van der Waals surface area contributed by atoms with Gasteiger partial charge < -0.3 is 0 Å². The fourth-order valence-electron chi connectivity index (χ4n) is 5.47. The summed E-state index contributed by atoms with van der Waals surface area (Å²) in [6.45, 7) is 0. The third kappa shape index (κ3) is 3.21. The third-order valence-corrected chi connectivity index (χ3v) is 8.42. The van der Waals surface area contributed by atoms with E-state index in [1.165, 1.54) is 25.6 Å². The van der Waals surface area contributed by atoms with E-state index in [1.54, 1.807) is 0 Å². The first-order chi connectivity index (χ1) is 18.8. The lowest BCUT2D eigenvalue weighted by molar-refractivity contribution is 1.08. The zero-order chi connectivity index (χ0) is 25.1. The Hall–Kier alpha value is -4.80. The van der Waals surface area contributed by atoms with Crippen molar-refractivity contribution in [1.29, 1.82) is 0 Å². The van der Waals surface area contributed by atoms with Crippen molar-refractivity contribution in [2.24, 2.45) is 0 Å². The molecule has 4 heteroatoms. The van der Waals surface area contributed by atoms with Crippen molar-refractivity contribution in [3.8, 4) is 28.3 Å². The van der Waals surface area contributed by atoms with Crippen LogP contribution >= 0.6 is 11.3 Å². The second kappa shape index (κ2) is 8.37. The highest BCUT2D eigenvalue weighted by atomic mass is 32.1. The van der Waals surface area contributed by atoms with Crippen LogP contribution in [0.3, 0.4) is 0 Å². The van der Waals surface area contributed by atoms with Crippen LogP contribution in [0.15, 0.2) is 127 Å². The van der Waals surface area contributed by atoms with Gasteiger partial charge in [0.2, 0.25) is 0 Å². The van der Waals surface area contributed by atoms with Crippen LogP contribution in [0.1, 0.15) is 0 Å². The highest BCUT2D eigenvalue weighted by Crippen LogP contribution is 2.43. The van der Waals surface area contributed by atoms with Crippen molar-refractivity contribution >= 4 is 53.4 Å². The summed E-state index contributed by atoms with van der Waals surface area (Å²) >= 11 is 1.84. The minimum absolute atomic E-state index is 0.890. The number of hydrogen-bond acceptors (Lipinski definition) is 3. The predicted molar refractivity (Wildman–Crippen MR) is 160 cm³/mol. The zero-order valence-electron chi connectivity index (χ0n) is 20.4. The molecule has 38 heavy (non-hydrogen) atoms. The molecule has 0 atom stereocenters. The van der Waals surface area contributed by atoms with Gasteiger partial charge in [-0.2, -0.15) is 0 Å². The highest BCUT2D eigenvalue weighted by Gasteiger charge is 2.20. The van der Waals surface area contributed by atoms with Crippen molar-refractivity contribution in [3.63, 3.8) is 0 Å². The molecule has 0 unspecified atom stereocenters. The van der Waals surface area contributed by atoms with Crippen LogP contribution in [0.2, 0.25) is 0 Å². The van der Waals surface area contributed by atoms with Crippen LogP contribution in [-0.2, 0) is 0 Å². The minimum atomic E-state index is 0.890. The summed E-state index contributed by atoms with van der Waals surface area (Å²) < 4.78 is 4.83. The average Bonchev–Trinajstić information content (AvgIpc) is 3.53. The first-order valence-corrected chi connectivity index (χ1v) is 13.5. The van der Waals surface area contributed by atoms with Crippen molar-refractivity contribution in [2.75, 3.05) is 0 Å². The third-order valence-electron chi connectivity index (χ3n) is 7.22. The van der Waals surface area contributed by atoms with Gasteiger partial charge in [0.1, 0.15) is 5.82 Å². The topological polar surface area (TPSA) is 30.7 Å². The summed E-state index contributed by atoms with van der Waals surface area (Å²) in [4.78, 5) is 10.4. The van der Waals surface area contributed by atoms with Gasteiger partial charge in [-0.25, -0.2) is 9.97 Å². The van der Waals surface area contributed by atoms with Gasteiger partial charge in [-0.1, -0.05) is 91.0 Å². The van der Waals surface area contributed by atoms with E-state index in [1.807, 2.05) is 23.5 Å². The number of fused-ring (bicyclic) bond motifs is 7. The summed E-state index contributed by atoms with van der Waals surface area (Å²) in [5, 5.41) is 3.75. The van der Waals surface area contributed by atoms with Gasteiger partial charge in [0.15, 0.2) is 0 Å². The van der Waals surface area contributed by atoms with Crippen LogP contribution < -0.4 is 0 Å². The van der Waals surface area contributed by atoms with Gasteiger partial charge in [-0.15, -0.1) is 11.3 Å². The van der Waals surface area contributed by atoms with E-state index < -0.39 is 0 Å². The van der Waals surface area contributed by atoms with E-state index in [0.29, 0.717) is 0 Å². The molecule has 178 valence electrons. The molecule has 0 N–H and O–H groups in total. The molecule has 0 spiro atoms. The summed E-state index contributed by atoms with van der Waals surface area (Å²) in [5.74, 6) is 0.890. The molecular weight excluding hydrogens is 482 g/mol. The van der Waals surface area contributed by atoms with E-state index in [9.17, 15) is 0 Å². The number of aromatic nitrogens is 3. The molecule has 0 aliphatic carbocycles. The number of thiophene rings is 1. The highest BCUT2D eigenvalue weighted by molar-refractivity contribution is 7.26. The molecule has 4 heterocycles. The Morgan fingerprint density at radius 1 is 0.500 bits per heavy atom. The number of pyridine rings is 2. The van der Waals surface area contributed by atoms with E-state index in [2.05, 4.69) is 120 Å². The molecule has 4 aromatic carbocycles. The lowest BCUT2D eigenvalue weighted by atomic mass is 10.1. The molecule has 0 radical (unpaired) electrons. The Kier molecular flexibility index (Phi) is 4.69. The van der Waals surface area contributed by atoms with Crippen LogP contribution in [0.4, 0.5) is 0 Å². The van der Waals surface area contributed by atoms with Crippen LogP contribution in [0, 0.1) is 0 Å². The quantitative estimate of drug-likeness (QED) is 0.240. The number of hydrogen-bond donors (Lipinski definition) is 0. The van der Waals surface area contributed by atoms with Gasteiger partial charge in [0.05, 0.1) is 27.9 Å². The number of benzene rings is 4. The molecule has 3 nitrogen and oxygen atoms in total. The van der Waals surface area contributed by atoms with Crippen molar-refractivity contribution < 1.29 is 0 Å². The Morgan fingerprint density at radius 2 is 1.18 bits per heavy atom. The average molecular weight is 504 g/mol. The fraction of sp³-hybridized carbons (Fsp3) is 0. The molecule has 0 amide bonds.